The minimum absolute atomic E-state index is 0.120. The van der Waals surface area contributed by atoms with Gasteiger partial charge in [-0.1, -0.05) is 120 Å². The highest BCUT2D eigenvalue weighted by Crippen LogP contribution is 2.27. The summed E-state index contributed by atoms with van der Waals surface area (Å²) in [6.45, 7) is 6.89. The average Bonchev–Trinajstić information content (AvgIpc) is 2.52. The quantitative estimate of drug-likeness (QED) is 0.140. The zero-order valence-corrected chi connectivity index (χ0v) is 18.5. The van der Waals surface area contributed by atoms with E-state index in [-0.39, 0.29) is 5.54 Å². The van der Waals surface area contributed by atoms with E-state index < -0.39 is 0 Å². The van der Waals surface area contributed by atoms with Crippen molar-refractivity contribution in [1.82, 2.24) is 0 Å². The monoisotopic (exact) mass is 437 g/mol. The van der Waals surface area contributed by atoms with Crippen molar-refractivity contribution in [3.8, 4) is 0 Å². The van der Waals surface area contributed by atoms with E-state index in [2.05, 4.69) is 43.4 Å². The molecule has 1 nitrogen and oxygen atoms in total. The third kappa shape index (κ3) is 15.9. The molecule has 2 N–H and O–H groups in total. The van der Waals surface area contributed by atoms with Gasteiger partial charge in [-0.2, -0.15) is 0 Å². The Morgan fingerprint density at radius 3 is 1.48 bits per heavy atom. The summed E-state index contributed by atoms with van der Waals surface area (Å²) in [7, 11) is 0. The largest absolute Gasteiger partial charge is 0.325 e. The highest BCUT2D eigenvalue weighted by Gasteiger charge is 2.24. The van der Waals surface area contributed by atoms with Crippen LogP contribution in [0.5, 0.6) is 0 Å². The molecule has 0 spiro atoms. The predicted molar refractivity (Wildman–Crippen MR) is 116 cm³/mol. The molecule has 0 amide bonds. The fourth-order valence-corrected chi connectivity index (χ4v) is 3.69. The standard InChI is InChI=1S/C21H44IN/c1-4-6-8-10-12-14-17-21(23,19-16-20(3)22)18-15-13-11-9-7-5-2/h20H,4-19,23H2,1-3H3. The molecular weight excluding hydrogens is 393 g/mol. The minimum atomic E-state index is 0.120. The Kier molecular flexibility index (Phi) is 16.7. The van der Waals surface area contributed by atoms with Crippen LogP contribution in [0.2, 0.25) is 0 Å². The van der Waals surface area contributed by atoms with E-state index in [1.807, 2.05) is 0 Å². The van der Waals surface area contributed by atoms with Gasteiger partial charge < -0.3 is 5.73 Å². The van der Waals surface area contributed by atoms with E-state index in [1.54, 1.807) is 0 Å². The number of halogens is 1. The fourth-order valence-electron chi connectivity index (χ4n) is 3.38. The van der Waals surface area contributed by atoms with E-state index in [1.165, 1.54) is 103 Å². The summed E-state index contributed by atoms with van der Waals surface area (Å²) in [6, 6.07) is 0. The van der Waals surface area contributed by atoms with Crippen LogP contribution in [0.25, 0.3) is 0 Å². The second-order valence-corrected chi connectivity index (χ2v) is 9.84. The van der Waals surface area contributed by atoms with Gasteiger partial charge in [0, 0.05) is 9.46 Å². The number of unbranched alkanes of at least 4 members (excludes halogenated alkanes) is 10. The molecule has 1 atom stereocenters. The van der Waals surface area contributed by atoms with Gasteiger partial charge in [-0.3, -0.25) is 0 Å². The first kappa shape index (κ1) is 23.7. The maximum atomic E-state index is 6.82. The van der Waals surface area contributed by atoms with Gasteiger partial charge in [-0.25, -0.2) is 0 Å². The molecule has 0 aliphatic heterocycles. The topological polar surface area (TPSA) is 26.0 Å². The number of nitrogens with two attached hydrogens (primary N) is 1. The summed E-state index contributed by atoms with van der Waals surface area (Å²) >= 11 is 2.55. The summed E-state index contributed by atoms with van der Waals surface area (Å²) in [6.07, 6.45) is 21.6. The third-order valence-corrected chi connectivity index (χ3v) is 5.72. The van der Waals surface area contributed by atoms with Gasteiger partial charge in [0.25, 0.3) is 0 Å². The lowest BCUT2D eigenvalue weighted by molar-refractivity contribution is 0.308. The van der Waals surface area contributed by atoms with Crippen molar-refractivity contribution in [2.45, 2.75) is 133 Å². The summed E-state index contributed by atoms with van der Waals surface area (Å²) in [5.41, 5.74) is 6.94. The minimum Gasteiger partial charge on any atom is -0.325 e. The average molecular weight is 437 g/mol. The Balaban J connectivity index is 3.98. The molecule has 0 radical (unpaired) electrons. The molecule has 0 rings (SSSR count). The molecule has 0 aliphatic rings. The van der Waals surface area contributed by atoms with Crippen LogP contribution < -0.4 is 5.73 Å². The summed E-state index contributed by atoms with van der Waals surface area (Å²) in [4.78, 5) is 0. The van der Waals surface area contributed by atoms with Crippen LogP contribution in [0.4, 0.5) is 0 Å². The van der Waals surface area contributed by atoms with Crippen molar-refractivity contribution in [2.75, 3.05) is 0 Å². The smallest absolute Gasteiger partial charge is 0.0154 e. The molecule has 0 fully saturated rings. The normalized spacial score (nSPS) is 13.4. The zero-order valence-electron chi connectivity index (χ0n) is 16.3. The van der Waals surface area contributed by atoms with Crippen LogP contribution in [0, 0.1) is 0 Å². The Morgan fingerprint density at radius 1 is 0.696 bits per heavy atom. The van der Waals surface area contributed by atoms with Crippen molar-refractivity contribution < 1.29 is 0 Å². The number of rotatable bonds is 17. The number of alkyl halides is 1. The maximum absolute atomic E-state index is 6.82. The lowest BCUT2D eigenvalue weighted by atomic mass is 9.83. The molecular formula is C21H44IN. The Hall–Kier alpha value is 0.690. The van der Waals surface area contributed by atoms with Crippen molar-refractivity contribution >= 4 is 22.6 Å². The molecule has 0 saturated heterocycles. The molecule has 2 heteroatoms. The second-order valence-electron chi connectivity index (χ2n) is 7.72. The van der Waals surface area contributed by atoms with Crippen LogP contribution in [-0.4, -0.2) is 9.46 Å². The molecule has 0 bridgehead atoms. The molecule has 0 saturated carbocycles. The molecule has 140 valence electrons. The lowest BCUT2D eigenvalue weighted by Crippen LogP contribution is -2.40. The molecule has 1 unspecified atom stereocenters. The van der Waals surface area contributed by atoms with Crippen molar-refractivity contribution in [1.29, 1.82) is 0 Å². The third-order valence-electron chi connectivity index (χ3n) is 5.10. The van der Waals surface area contributed by atoms with Gasteiger partial charge in [0.05, 0.1) is 0 Å². The first-order valence-electron chi connectivity index (χ1n) is 10.5. The van der Waals surface area contributed by atoms with Crippen molar-refractivity contribution in [3.05, 3.63) is 0 Å². The van der Waals surface area contributed by atoms with Gasteiger partial charge in [0.15, 0.2) is 0 Å². The summed E-state index contributed by atoms with van der Waals surface area (Å²) in [5.74, 6) is 0. The van der Waals surface area contributed by atoms with E-state index in [0.29, 0.717) is 0 Å². The van der Waals surface area contributed by atoms with E-state index in [9.17, 15) is 0 Å². The predicted octanol–water partition coefficient (Wildman–Crippen LogP) is 7.79. The Bertz CT molecular complexity index is 224. The fraction of sp³-hybridized carbons (Fsp3) is 1.00. The maximum Gasteiger partial charge on any atom is 0.0154 e. The van der Waals surface area contributed by atoms with Gasteiger partial charge in [0.1, 0.15) is 0 Å². The first-order chi connectivity index (χ1) is 11.0. The van der Waals surface area contributed by atoms with Gasteiger partial charge in [0.2, 0.25) is 0 Å². The van der Waals surface area contributed by atoms with E-state index in [4.69, 9.17) is 5.73 Å². The SMILES string of the molecule is CCCCCCCCC(N)(CCCCCCCC)CCC(C)I. The van der Waals surface area contributed by atoms with Gasteiger partial charge in [-0.15, -0.1) is 0 Å². The van der Waals surface area contributed by atoms with Crippen LogP contribution in [0.1, 0.15) is 124 Å². The Morgan fingerprint density at radius 2 is 1.09 bits per heavy atom. The highest BCUT2D eigenvalue weighted by atomic mass is 127. The van der Waals surface area contributed by atoms with E-state index in [0.717, 1.165) is 3.92 Å². The van der Waals surface area contributed by atoms with Crippen molar-refractivity contribution in [2.24, 2.45) is 5.73 Å². The van der Waals surface area contributed by atoms with Gasteiger partial charge >= 0.3 is 0 Å². The van der Waals surface area contributed by atoms with Crippen LogP contribution in [0.3, 0.4) is 0 Å². The zero-order chi connectivity index (χ0) is 17.4. The molecule has 0 aromatic carbocycles. The molecule has 23 heavy (non-hydrogen) atoms. The Labute approximate surface area is 161 Å². The molecule has 0 aromatic heterocycles. The molecule has 0 aromatic rings. The second kappa shape index (κ2) is 16.2. The van der Waals surface area contributed by atoms with E-state index >= 15 is 0 Å². The van der Waals surface area contributed by atoms with Crippen molar-refractivity contribution in [3.63, 3.8) is 0 Å². The van der Waals surface area contributed by atoms with Crippen LogP contribution >= 0.6 is 22.6 Å². The summed E-state index contributed by atoms with van der Waals surface area (Å²) in [5, 5.41) is 0. The summed E-state index contributed by atoms with van der Waals surface area (Å²) < 4.78 is 0.754. The highest BCUT2D eigenvalue weighted by molar-refractivity contribution is 14.1. The van der Waals surface area contributed by atoms with Gasteiger partial charge in [-0.05, 0) is 25.7 Å². The van der Waals surface area contributed by atoms with Crippen LogP contribution in [-0.2, 0) is 0 Å². The number of hydrogen-bond acceptors (Lipinski definition) is 1. The first-order valence-corrected chi connectivity index (χ1v) is 11.7. The molecule has 0 aliphatic carbocycles. The number of hydrogen-bond donors (Lipinski definition) is 1. The molecule has 0 heterocycles. The lowest BCUT2D eigenvalue weighted by Gasteiger charge is -2.30. The van der Waals surface area contributed by atoms with Crippen LogP contribution in [0.15, 0.2) is 0 Å².